The quantitative estimate of drug-likeness (QED) is 0.711. The largest absolute Gasteiger partial charge is 0.330 e. The van der Waals surface area contributed by atoms with E-state index in [0.29, 0.717) is 5.41 Å². The van der Waals surface area contributed by atoms with Gasteiger partial charge in [-0.2, -0.15) is 0 Å². The Morgan fingerprint density at radius 2 is 1.62 bits per heavy atom. The number of hydrogen-bond acceptors (Lipinski definition) is 1. The van der Waals surface area contributed by atoms with Crippen LogP contribution in [0.15, 0.2) is 0 Å². The summed E-state index contributed by atoms with van der Waals surface area (Å²) in [5.74, 6) is 0.873. The third kappa shape index (κ3) is 2.25. The topological polar surface area (TPSA) is 26.0 Å². The van der Waals surface area contributed by atoms with Gasteiger partial charge in [0.15, 0.2) is 0 Å². The molecule has 0 aromatic rings. The van der Waals surface area contributed by atoms with Crippen molar-refractivity contribution in [1.82, 2.24) is 0 Å². The minimum absolute atomic E-state index is 0.516. The lowest BCUT2D eigenvalue weighted by Gasteiger charge is -2.42. The maximum Gasteiger partial charge on any atom is -0.00179 e. The zero-order valence-corrected chi connectivity index (χ0v) is 9.31. The summed E-state index contributed by atoms with van der Waals surface area (Å²) in [4.78, 5) is 0. The Morgan fingerprint density at radius 3 is 2.00 bits per heavy atom. The molecule has 1 nitrogen and oxygen atoms in total. The third-order valence-electron chi connectivity index (χ3n) is 4.11. The molecule has 0 saturated heterocycles. The Morgan fingerprint density at radius 1 is 1.08 bits per heavy atom. The summed E-state index contributed by atoms with van der Waals surface area (Å²) in [5, 5.41) is 0. The fourth-order valence-corrected chi connectivity index (χ4v) is 3.19. The van der Waals surface area contributed by atoms with Gasteiger partial charge in [-0.3, -0.25) is 0 Å². The van der Waals surface area contributed by atoms with Crippen molar-refractivity contribution in [3.63, 3.8) is 0 Å². The summed E-state index contributed by atoms with van der Waals surface area (Å²) in [5.41, 5.74) is 6.51. The molecule has 0 aromatic heterocycles. The molecule has 0 heterocycles. The molecule has 1 rings (SSSR count). The van der Waals surface area contributed by atoms with Crippen LogP contribution in [-0.2, 0) is 0 Å². The number of nitrogens with two attached hydrogens (primary N) is 1. The summed E-state index contributed by atoms with van der Waals surface area (Å²) >= 11 is 0. The van der Waals surface area contributed by atoms with E-state index in [4.69, 9.17) is 5.73 Å². The predicted molar refractivity (Wildman–Crippen MR) is 58.6 cm³/mol. The lowest BCUT2D eigenvalue weighted by atomic mass is 9.64. The smallest absolute Gasteiger partial charge is 0.00179 e. The first-order valence-electron chi connectivity index (χ1n) is 5.99. The van der Waals surface area contributed by atoms with Crippen LogP contribution < -0.4 is 5.73 Å². The van der Waals surface area contributed by atoms with Crippen molar-refractivity contribution >= 4 is 0 Å². The van der Waals surface area contributed by atoms with Crippen molar-refractivity contribution in [2.75, 3.05) is 6.54 Å². The molecular formula is C12H25N. The van der Waals surface area contributed by atoms with Gasteiger partial charge in [-0.1, -0.05) is 46.0 Å². The third-order valence-corrected chi connectivity index (χ3v) is 4.11. The van der Waals surface area contributed by atoms with Crippen LogP contribution in [0, 0.1) is 11.3 Å². The van der Waals surface area contributed by atoms with Gasteiger partial charge in [0.2, 0.25) is 0 Å². The van der Waals surface area contributed by atoms with Crippen molar-refractivity contribution in [1.29, 1.82) is 0 Å². The summed E-state index contributed by atoms with van der Waals surface area (Å²) in [6.07, 6.45) is 9.65. The molecule has 0 amide bonds. The van der Waals surface area contributed by atoms with Crippen molar-refractivity contribution in [2.45, 2.75) is 58.8 Å². The van der Waals surface area contributed by atoms with Gasteiger partial charge in [0, 0.05) is 0 Å². The molecule has 0 unspecified atom stereocenters. The highest BCUT2D eigenvalue weighted by Gasteiger charge is 2.36. The standard InChI is InChI=1S/C12H25N/c1-3-11(4-2)12(10-13)8-6-5-7-9-12/h11H,3-10,13H2,1-2H3. The fraction of sp³-hybridized carbons (Fsp3) is 1.00. The molecule has 1 fully saturated rings. The molecule has 0 aromatic carbocycles. The van der Waals surface area contributed by atoms with E-state index in [1.165, 1.54) is 44.9 Å². The van der Waals surface area contributed by atoms with E-state index in [2.05, 4.69) is 13.8 Å². The molecule has 1 heteroatoms. The molecule has 0 aliphatic heterocycles. The summed E-state index contributed by atoms with van der Waals surface area (Å²) in [7, 11) is 0. The Hall–Kier alpha value is -0.0400. The van der Waals surface area contributed by atoms with Crippen LogP contribution in [-0.4, -0.2) is 6.54 Å². The zero-order valence-electron chi connectivity index (χ0n) is 9.31. The number of hydrogen-bond donors (Lipinski definition) is 1. The zero-order chi connectivity index (χ0) is 9.73. The van der Waals surface area contributed by atoms with Gasteiger partial charge in [0.1, 0.15) is 0 Å². The van der Waals surface area contributed by atoms with E-state index < -0.39 is 0 Å². The highest BCUT2D eigenvalue weighted by Crippen LogP contribution is 2.44. The Kier molecular flexibility index (Phi) is 4.24. The first-order valence-corrected chi connectivity index (χ1v) is 5.99. The fourth-order valence-electron chi connectivity index (χ4n) is 3.19. The van der Waals surface area contributed by atoms with Crippen molar-refractivity contribution in [2.24, 2.45) is 17.1 Å². The monoisotopic (exact) mass is 183 g/mol. The molecule has 1 saturated carbocycles. The Bertz CT molecular complexity index is 132. The summed E-state index contributed by atoms with van der Waals surface area (Å²) in [6, 6.07) is 0. The van der Waals surface area contributed by atoms with Crippen LogP contribution in [0.2, 0.25) is 0 Å². The Balaban J connectivity index is 2.64. The second-order valence-corrected chi connectivity index (χ2v) is 4.64. The molecule has 0 atom stereocenters. The van der Waals surface area contributed by atoms with Crippen LogP contribution in [0.1, 0.15) is 58.8 Å². The highest BCUT2D eigenvalue weighted by atomic mass is 14.6. The van der Waals surface area contributed by atoms with E-state index >= 15 is 0 Å². The average Bonchev–Trinajstić information content (AvgIpc) is 2.21. The minimum Gasteiger partial charge on any atom is -0.330 e. The predicted octanol–water partition coefficient (Wildman–Crippen LogP) is 3.33. The molecule has 1 aliphatic rings. The summed E-state index contributed by atoms with van der Waals surface area (Å²) in [6.45, 7) is 5.56. The van der Waals surface area contributed by atoms with Crippen LogP contribution >= 0.6 is 0 Å². The second-order valence-electron chi connectivity index (χ2n) is 4.64. The average molecular weight is 183 g/mol. The number of rotatable bonds is 4. The molecule has 1 aliphatic carbocycles. The highest BCUT2D eigenvalue weighted by molar-refractivity contribution is 4.88. The van der Waals surface area contributed by atoms with Gasteiger partial charge in [-0.25, -0.2) is 0 Å². The van der Waals surface area contributed by atoms with Crippen molar-refractivity contribution in [3.8, 4) is 0 Å². The van der Waals surface area contributed by atoms with Gasteiger partial charge >= 0.3 is 0 Å². The summed E-state index contributed by atoms with van der Waals surface area (Å²) < 4.78 is 0. The van der Waals surface area contributed by atoms with E-state index in [1.807, 2.05) is 0 Å². The van der Waals surface area contributed by atoms with Crippen molar-refractivity contribution in [3.05, 3.63) is 0 Å². The van der Waals surface area contributed by atoms with E-state index in [0.717, 1.165) is 12.5 Å². The molecule has 0 bridgehead atoms. The van der Waals surface area contributed by atoms with Gasteiger partial charge in [0.05, 0.1) is 0 Å². The van der Waals surface area contributed by atoms with E-state index in [9.17, 15) is 0 Å². The first kappa shape index (κ1) is 11.0. The molecule has 2 N–H and O–H groups in total. The van der Waals surface area contributed by atoms with Gasteiger partial charge in [-0.05, 0) is 30.7 Å². The Labute approximate surface area is 83.1 Å². The van der Waals surface area contributed by atoms with Crippen LogP contribution in [0.4, 0.5) is 0 Å². The van der Waals surface area contributed by atoms with Gasteiger partial charge in [-0.15, -0.1) is 0 Å². The maximum atomic E-state index is 5.99. The van der Waals surface area contributed by atoms with E-state index in [1.54, 1.807) is 0 Å². The SMILES string of the molecule is CCC(CC)C1(CN)CCCCC1. The molecule has 78 valence electrons. The van der Waals surface area contributed by atoms with Crippen LogP contribution in [0.3, 0.4) is 0 Å². The molecule has 0 spiro atoms. The molecular weight excluding hydrogens is 158 g/mol. The van der Waals surface area contributed by atoms with Crippen LogP contribution in [0.25, 0.3) is 0 Å². The lowest BCUT2D eigenvalue weighted by Crippen LogP contribution is -2.39. The molecule has 13 heavy (non-hydrogen) atoms. The van der Waals surface area contributed by atoms with E-state index in [-0.39, 0.29) is 0 Å². The first-order chi connectivity index (χ1) is 6.29. The second kappa shape index (κ2) is 4.99. The van der Waals surface area contributed by atoms with Crippen LogP contribution in [0.5, 0.6) is 0 Å². The van der Waals surface area contributed by atoms with Crippen molar-refractivity contribution < 1.29 is 0 Å². The maximum absolute atomic E-state index is 5.99. The lowest BCUT2D eigenvalue weighted by molar-refractivity contribution is 0.0983. The normalized spacial score (nSPS) is 22.2. The van der Waals surface area contributed by atoms with Gasteiger partial charge < -0.3 is 5.73 Å². The molecule has 0 radical (unpaired) electrons. The van der Waals surface area contributed by atoms with Gasteiger partial charge in [0.25, 0.3) is 0 Å². The minimum atomic E-state index is 0.516.